The average Bonchev–Trinajstić information content (AvgIpc) is 2.76. The molecule has 0 unspecified atom stereocenters. The Kier molecular flexibility index (Phi) is 3.51. The fraction of sp³-hybridized carbons (Fsp3) is 0.188. The van der Waals surface area contributed by atoms with E-state index in [1.54, 1.807) is 13.0 Å². The summed E-state index contributed by atoms with van der Waals surface area (Å²) in [5, 5.41) is 0. The number of fused-ring (bicyclic) bond motifs is 1. The molecule has 21 heavy (non-hydrogen) atoms. The Hall–Kier alpha value is -2.14. The number of aromatic nitrogens is 2. The maximum atomic E-state index is 13.7. The van der Waals surface area contributed by atoms with Crippen LogP contribution in [0.4, 0.5) is 4.39 Å². The minimum Gasteiger partial charge on any atom is -0.492 e. The lowest BCUT2D eigenvalue weighted by molar-refractivity contribution is 0.339. The van der Waals surface area contributed by atoms with Crippen molar-refractivity contribution in [1.29, 1.82) is 0 Å². The number of hydrogen-bond acceptors (Lipinski definition) is 2. The lowest BCUT2D eigenvalue weighted by Crippen LogP contribution is -2.00. The van der Waals surface area contributed by atoms with Gasteiger partial charge in [-0.25, -0.2) is 4.39 Å². The molecular formula is C16H15FN2OS. The standard InChI is InChI=1S/C16H15FN2OS/c1-3-20-15-7-5-4-6-13(15)19-14-8-10(2)11(17)9-12(14)18-16(19)21/h4-9H,3H2,1-2H3,(H,18,21). The van der Waals surface area contributed by atoms with E-state index >= 15 is 0 Å². The maximum Gasteiger partial charge on any atom is 0.182 e. The Morgan fingerprint density at radius 2 is 2.05 bits per heavy atom. The van der Waals surface area contributed by atoms with Crippen LogP contribution in [0.5, 0.6) is 5.75 Å². The molecule has 3 aromatic rings. The van der Waals surface area contributed by atoms with Crippen molar-refractivity contribution in [2.45, 2.75) is 13.8 Å². The zero-order valence-corrected chi connectivity index (χ0v) is 12.6. The Balaban J connectivity index is 2.33. The van der Waals surface area contributed by atoms with Gasteiger partial charge in [0.2, 0.25) is 0 Å². The molecule has 0 spiro atoms. The van der Waals surface area contributed by atoms with Crippen molar-refractivity contribution in [2.75, 3.05) is 6.61 Å². The molecule has 1 N–H and O–H groups in total. The predicted octanol–water partition coefficient (Wildman–Crippen LogP) is 4.53. The molecule has 0 bridgehead atoms. The lowest BCUT2D eigenvalue weighted by atomic mass is 10.2. The van der Waals surface area contributed by atoms with E-state index in [4.69, 9.17) is 17.0 Å². The number of imidazole rings is 1. The van der Waals surface area contributed by atoms with Crippen LogP contribution in [0.15, 0.2) is 36.4 Å². The summed E-state index contributed by atoms with van der Waals surface area (Å²) in [7, 11) is 0. The third kappa shape index (κ3) is 2.34. The van der Waals surface area contributed by atoms with Gasteiger partial charge in [-0.2, -0.15) is 0 Å². The van der Waals surface area contributed by atoms with Crippen molar-refractivity contribution in [1.82, 2.24) is 9.55 Å². The molecule has 0 radical (unpaired) electrons. The first kappa shape index (κ1) is 13.8. The molecule has 2 aromatic carbocycles. The van der Waals surface area contributed by atoms with Gasteiger partial charge in [0, 0.05) is 0 Å². The second-order valence-corrected chi connectivity index (χ2v) is 5.17. The minimum atomic E-state index is -0.246. The number of H-pyrrole nitrogens is 1. The highest BCUT2D eigenvalue weighted by molar-refractivity contribution is 7.71. The normalized spacial score (nSPS) is 11.0. The summed E-state index contributed by atoms with van der Waals surface area (Å²) in [5.41, 5.74) is 2.95. The predicted molar refractivity (Wildman–Crippen MR) is 84.3 cm³/mol. The van der Waals surface area contributed by atoms with Gasteiger partial charge in [-0.05, 0) is 55.9 Å². The van der Waals surface area contributed by atoms with Crippen LogP contribution in [-0.4, -0.2) is 16.2 Å². The number of benzene rings is 2. The van der Waals surface area contributed by atoms with Crippen LogP contribution in [0.2, 0.25) is 0 Å². The van der Waals surface area contributed by atoms with Crippen LogP contribution >= 0.6 is 12.2 Å². The molecule has 0 aliphatic rings. The fourth-order valence-electron chi connectivity index (χ4n) is 2.39. The topological polar surface area (TPSA) is 29.9 Å². The summed E-state index contributed by atoms with van der Waals surface area (Å²) in [6, 6.07) is 10.9. The van der Waals surface area contributed by atoms with Crippen molar-refractivity contribution in [3.63, 3.8) is 0 Å². The minimum absolute atomic E-state index is 0.246. The molecule has 3 rings (SSSR count). The Morgan fingerprint density at radius 1 is 1.29 bits per heavy atom. The summed E-state index contributed by atoms with van der Waals surface area (Å²) in [5.74, 6) is 0.503. The van der Waals surface area contributed by atoms with E-state index in [1.807, 2.05) is 35.8 Å². The number of rotatable bonds is 3. The van der Waals surface area contributed by atoms with Crippen LogP contribution in [0.3, 0.4) is 0 Å². The number of aryl methyl sites for hydroxylation is 1. The highest BCUT2D eigenvalue weighted by atomic mass is 32.1. The number of hydrogen-bond donors (Lipinski definition) is 1. The fourth-order valence-corrected chi connectivity index (χ4v) is 2.70. The molecule has 0 amide bonds. The van der Waals surface area contributed by atoms with Gasteiger partial charge in [-0.15, -0.1) is 0 Å². The van der Waals surface area contributed by atoms with Gasteiger partial charge >= 0.3 is 0 Å². The number of para-hydroxylation sites is 2. The number of aromatic amines is 1. The quantitative estimate of drug-likeness (QED) is 0.720. The van der Waals surface area contributed by atoms with Gasteiger partial charge in [0.25, 0.3) is 0 Å². The first-order valence-corrected chi connectivity index (χ1v) is 7.15. The van der Waals surface area contributed by atoms with E-state index in [-0.39, 0.29) is 5.82 Å². The van der Waals surface area contributed by atoms with Gasteiger partial charge in [0.1, 0.15) is 11.6 Å². The van der Waals surface area contributed by atoms with E-state index in [0.717, 1.165) is 17.0 Å². The largest absolute Gasteiger partial charge is 0.492 e. The van der Waals surface area contributed by atoms with Gasteiger partial charge in [0.15, 0.2) is 4.77 Å². The first-order valence-electron chi connectivity index (χ1n) is 6.75. The van der Waals surface area contributed by atoms with Crippen LogP contribution < -0.4 is 4.74 Å². The lowest BCUT2D eigenvalue weighted by Gasteiger charge is -2.11. The summed E-state index contributed by atoms with van der Waals surface area (Å²) < 4.78 is 21.8. The van der Waals surface area contributed by atoms with E-state index in [1.165, 1.54) is 6.07 Å². The highest BCUT2D eigenvalue weighted by Crippen LogP contribution is 2.28. The number of nitrogens with one attached hydrogen (secondary N) is 1. The molecule has 1 aromatic heterocycles. The molecule has 0 saturated carbocycles. The van der Waals surface area contributed by atoms with Gasteiger partial charge in [-0.1, -0.05) is 12.1 Å². The third-order valence-corrected chi connectivity index (χ3v) is 3.65. The average molecular weight is 302 g/mol. The van der Waals surface area contributed by atoms with E-state index < -0.39 is 0 Å². The molecule has 1 heterocycles. The van der Waals surface area contributed by atoms with Crippen molar-refractivity contribution in [3.05, 3.63) is 52.5 Å². The molecule has 0 aliphatic heterocycles. The molecule has 5 heteroatoms. The molecule has 3 nitrogen and oxygen atoms in total. The number of halogens is 1. The zero-order valence-electron chi connectivity index (χ0n) is 11.8. The van der Waals surface area contributed by atoms with E-state index in [9.17, 15) is 4.39 Å². The SMILES string of the molecule is CCOc1ccccc1-n1c(=S)[nH]c2cc(F)c(C)cc21. The van der Waals surface area contributed by atoms with Crippen molar-refractivity contribution in [2.24, 2.45) is 0 Å². The Labute approximate surface area is 127 Å². The van der Waals surface area contributed by atoms with Crippen LogP contribution in [0.1, 0.15) is 12.5 Å². The maximum absolute atomic E-state index is 13.7. The molecule has 108 valence electrons. The Morgan fingerprint density at radius 3 is 2.81 bits per heavy atom. The summed E-state index contributed by atoms with van der Waals surface area (Å²) >= 11 is 5.39. The van der Waals surface area contributed by atoms with Crippen molar-refractivity contribution in [3.8, 4) is 11.4 Å². The molecule has 0 atom stereocenters. The molecule has 0 aliphatic carbocycles. The summed E-state index contributed by atoms with van der Waals surface area (Å²) in [6.07, 6.45) is 0. The van der Waals surface area contributed by atoms with E-state index in [0.29, 0.717) is 22.5 Å². The zero-order chi connectivity index (χ0) is 15.0. The summed E-state index contributed by atoms with van der Waals surface area (Å²) in [6.45, 7) is 4.24. The van der Waals surface area contributed by atoms with Gasteiger partial charge in [-0.3, -0.25) is 4.57 Å². The van der Waals surface area contributed by atoms with Gasteiger partial charge < -0.3 is 9.72 Å². The van der Waals surface area contributed by atoms with Crippen LogP contribution in [-0.2, 0) is 0 Å². The van der Waals surface area contributed by atoms with Gasteiger partial charge in [0.05, 0.1) is 23.3 Å². The molecule has 0 saturated heterocycles. The van der Waals surface area contributed by atoms with Crippen LogP contribution in [0.25, 0.3) is 16.7 Å². The number of ether oxygens (including phenoxy) is 1. The van der Waals surface area contributed by atoms with Crippen molar-refractivity contribution < 1.29 is 9.13 Å². The second kappa shape index (κ2) is 5.33. The monoisotopic (exact) mass is 302 g/mol. The summed E-state index contributed by atoms with van der Waals surface area (Å²) in [4.78, 5) is 3.05. The third-order valence-electron chi connectivity index (χ3n) is 3.37. The Bertz CT molecular complexity index is 866. The number of nitrogens with zero attached hydrogens (tertiary/aromatic N) is 1. The first-order chi connectivity index (χ1) is 10.1. The van der Waals surface area contributed by atoms with Crippen molar-refractivity contribution >= 4 is 23.3 Å². The molecular weight excluding hydrogens is 287 g/mol. The molecule has 0 fully saturated rings. The second-order valence-electron chi connectivity index (χ2n) is 4.78. The highest BCUT2D eigenvalue weighted by Gasteiger charge is 2.12. The van der Waals surface area contributed by atoms with E-state index in [2.05, 4.69) is 4.98 Å². The van der Waals surface area contributed by atoms with Crippen LogP contribution in [0, 0.1) is 17.5 Å². The smallest absolute Gasteiger partial charge is 0.182 e.